The van der Waals surface area contributed by atoms with E-state index in [0.29, 0.717) is 5.92 Å². The number of carboxylic acid groups (broad SMARTS) is 1. The number of alkyl halides is 3. The normalized spacial score (nSPS) is 23.5. The quantitative estimate of drug-likeness (QED) is 0.749. The molecule has 1 amide bonds. The van der Waals surface area contributed by atoms with Crippen LogP contribution in [-0.2, 0) is 14.3 Å². The first-order chi connectivity index (χ1) is 14.5. The fraction of sp³-hybridized carbons (Fsp3) is 0.619. The molecule has 0 saturated carbocycles. The van der Waals surface area contributed by atoms with E-state index in [1.165, 1.54) is 0 Å². The SMILES string of the molecule is COC[C@H]1CN(C)C[C@@]12CCN(C(=O)COc1ccccc1C)C2.O=C(O)C(F)(F)F. The Morgan fingerprint density at radius 2 is 1.90 bits per heavy atom. The van der Waals surface area contributed by atoms with E-state index in [2.05, 4.69) is 11.9 Å². The minimum Gasteiger partial charge on any atom is -0.484 e. The fourth-order valence-electron chi connectivity index (χ4n) is 4.25. The van der Waals surface area contributed by atoms with Gasteiger partial charge >= 0.3 is 12.1 Å². The second-order valence-corrected chi connectivity index (χ2v) is 8.13. The molecule has 2 heterocycles. The smallest absolute Gasteiger partial charge is 0.484 e. The van der Waals surface area contributed by atoms with Gasteiger partial charge in [-0.15, -0.1) is 0 Å². The average molecular weight is 446 g/mol. The number of nitrogens with zero attached hydrogens (tertiary/aromatic N) is 2. The van der Waals surface area contributed by atoms with Gasteiger partial charge in [0.2, 0.25) is 0 Å². The summed E-state index contributed by atoms with van der Waals surface area (Å²) in [5, 5.41) is 7.12. The number of aliphatic carboxylic acids is 1. The zero-order valence-corrected chi connectivity index (χ0v) is 17.9. The molecule has 10 heteroatoms. The van der Waals surface area contributed by atoms with Crippen LogP contribution < -0.4 is 4.74 Å². The van der Waals surface area contributed by atoms with Crippen molar-refractivity contribution in [2.75, 3.05) is 53.6 Å². The lowest BCUT2D eigenvalue weighted by Gasteiger charge is -2.30. The molecule has 1 N–H and O–H groups in total. The average Bonchev–Trinajstić information content (AvgIpc) is 3.24. The van der Waals surface area contributed by atoms with Crippen LogP contribution >= 0.6 is 0 Å². The van der Waals surface area contributed by atoms with Crippen LogP contribution in [0.2, 0.25) is 0 Å². The van der Waals surface area contributed by atoms with Crippen molar-refractivity contribution in [3.05, 3.63) is 29.8 Å². The molecule has 2 fully saturated rings. The van der Waals surface area contributed by atoms with Gasteiger partial charge < -0.3 is 24.4 Å². The van der Waals surface area contributed by atoms with Crippen molar-refractivity contribution in [2.45, 2.75) is 19.5 Å². The Bertz CT molecular complexity index is 774. The zero-order valence-electron chi connectivity index (χ0n) is 17.9. The number of carbonyl (C=O) groups is 2. The number of benzene rings is 1. The number of hydrogen-bond acceptors (Lipinski definition) is 5. The van der Waals surface area contributed by atoms with Crippen molar-refractivity contribution >= 4 is 11.9 Å². The number of halogens is 3. The maximum atomic E-state index is 12.6. The molecule has 1 aromatic carbocycles. The lowest BCUT2D eigenvalue weighted by atomic mass is 9.78. The monoisotopic (exact) mass is 446 g/mol. The minimum atomic E-state index is -5.08. The Kier molecular flexibility index (Phi) is 8.30. The molecular formula is C21H29F3N2O5. The lowest BCUT2D eigenvalue weighted by Crippen LogP contribution is -2.39. The van der Waals surface area contributed by atoms with Crippen molar-refractivity contribution < 1.29 is 37.3 Å². The van der Waals surface area contributed by atoms with Crippen molar-refractivity contribution in [3.63, 3.8) is 0 Å². The molecule has 31 heavy (non-hydrogen) atoms. The number of likely N-dealkylation sites (tertiary alicyclic amines) is 2. The third-order valence-electron chi connectivity index (χ3n) is 5.78. The highest BCUT2D eigenvalue weighted by Crippen LogP contribution is 2.43. The Hall–Kier alpha value is -2.33. The first kappa shape index (κ1) is 24.9. The van der Waals surface area contributed by atoms with Gasteiger partial charge in [-0.2, -0.15) is 13.2 Å². The van der Waals surface area contributed by atoms with E-state index in [-0.39, 0.29) is 17.9 Å². The summed E-state index contributed by atoms with van der Waals surface area (Å²) >= 11 is 0. The molecule has 7 nitrogen and oxygen atoms in total. The summed E-state index contributed by atoms with van der Waals surface area (Å²) in [4.78, 5) is 25.8. The summed E-state index contributed by atoms with van der Waals surface area (Å²) in [7, 11) is 3.92. The largest absolute Gasteiger partial charge is 0.490 e. The van der Waals surface area contributed by atoms with Crippen molar-refractivity contribution in [1.29, 1.82) is 0 Å². The highest BCUT2D eigenvalue weighted by atomic mass is 19.4. The maximum Gasteiger partial charge on any atom is 0.490 e. The van der Waals surface area contributed by atoms with E-state index in [0.717, 1.165) is 50.5 Å². The molecular weight excluding hydrogens is 417 g/mol. The molecule has 2 aliphatic rings. The van der Waals surface area contributed by atoms with E-state index in [9.17, 15) is 18.0 Å². The topological polar surface area (TPSA) is 79.3 Å². The molecule has 0 aromatic heterocycles. The van der Waals surface area contributed by atoms with Crippen molar-refractivity contribution in [2.24, 2.45) is 11.3 Å². The fourth-order valence-corrected chi connectivity index (χ4v) is 4.25. The number of rotatable bonds is 5. The van der Waals surface area contributed by atoms with E-state index >= 15 is 0 Å². The highest BCUT2D eigenvalue weighted by Gasteiger charge is 2.50. The van der Waals surface area contributed by atoms with E-state index in [4.69, 9.17) is 19.4 Å². The summed E-state index contributed by atoms with van der Waals surface area (Å²) in [5.74, 6) is -1.38. The lowest BCUT2D eigenvalue weighted by molar-refractivity contribution is -0.192. The van der Waals surface area contributed by atoms with Crippen LogP contribution in [0, 0.1) is 18.3 Å². The van der Waals surface area contributed by atoms with Gasteiger partial charge in [0.25, 0.3) is 5.91 Å². The van der Waals surface area contributed by atoms with Gasteiger partial charge in [-0.25, -0.2) is 4.79 Å². The van der Waals surface area contributed by atoms with E-state index in [1.807, 2.05) is 36.1 Å². The summed E-state index contributed by atoms with van der Waals surface area (Å²) in [5.41, 5.74) is 1.24. The molecule has 2 atom stereocenters. The van der Waals surface area contributed by atoms with Crippen LogP contribution in [-0.4, -0.2) is 86.5 Å². The van der Waals surface area contributed by atoms with E-state index in [1.54, 1.807) is 7.11 Å². The predicted octanol–water partition coefficient (Wildman–Crippen LogP) is 2.43. The molecule has 0 radical (unpaired) electrons. The molecule has 3 rings (SSSR count). The van der Waals surface area contributed by atoms with Gasteiger partial charge in [-0.3, -0.25) is 4.79 Å². The summed E-state index contributed by atoms with van der Waals surface area (Å²) in [6, 6.07) is 7.81. The first-order valence-corrected chi connectivity index (χ1v) is 9.92. The number of para-hydroxylation sites is 1. The summed E-state index contributed by atoms with van der Waals surface area (Å²) < 4.78 is 42.9. The molecule has 2 aliphatic heterocycles. The second kappa shape index (κ2) is 10.3. The van der Waals surface area contributed by atoms with Gasteiger partial charge in [0.1, 0.15) is 5.75 Å². The van der Waals surface area contributed by atoms with Gasteiger partial charge in [0.05, 0.1) is 6.61 Å². The third kappa shape index (κ3) is 6.57. The summed E-state index contributed by atoms with van der Waals surface area (Å²) in [6.07, 6.45) is -4.03. The number of carboxylic acids is 1. The number of aryl methyl sites for hydroxylation is 1. The van der Waals surface area contributed by atoms with Crippen LogP contribution in [0.4, 0.5) is 13.2 Å². The van der Waals surface area contributed by atoms with Crippen LogP contribution in [0.25, 0.3) is 0 Å². The van der Waals surface area contributed by atoms with Crippen molar-refractivity contribution in [1.82, 2.24) is 9.80 Å². The highest BCUT2D eigenvalue weighted by molar-refractivity contribution is 5.78. The van der Waals surface area contributed by atoms with Gasteiger partial charge in [0.15, 0.2) is 6.61 Å². The minimum absolute atomic E-state index is 0.0841. The third-order valence-corrected chi connectivity index (χ3v) is 5.78. The van der Waals surface area contributed by atoms with Gasteiger partial charge in [-0.05, 0) is 32.0 Å². The van der Waals surface area contributed by atoms with Gasteiger partial charge in [-0.1, -0.05) is 18.2 Å². The molecule has 0 aliphatic carbocycles. The molecule has 1 spiro atoms. The standard InChI is InChI=1S/C19H28N2O3.C2HF3O2/c1-15-6-4-5-7-17(15)24-12-18(22)21-9-8-19(14-21)13-20(2)10-16(19)11-23-3;3-2(4,5)1(6)7/h4-7,16H,8-14H2,1-3H3;(H,6,7)/t16-,19-;/m1./s1. The number of hydrogen-bond donors (Lipinski definition) is 1. The Morgan fingerprint density at radius 1 is 1.26 bits per heavy atom. The molecule has 0 bridgehead atoms. The van der Waals surface area contributed by atoms with Crippen LogP contribution in [0.3, 0.4) is 0 Å². The Morgan fingerprint density at radius 3 is 2.48 bits per heavy atom. The number of methoxy groups -OCH3 is 1. The van der Waals surface area contributed by atoms with Crippen molar-refractivity contribution in [3.8, 4) is 5.75 Å². The molecule has 2 saturated heterocycles. The van der Waals surface area contributed by atoms with Gasteiger partial charge in [0, 0.05) is 44.6 Å². The number of ether oxygens (including phenoxy) is 2. The maximum absolute atomic E-state index is 12.6. The molecule has 1 aromatic rings. The summed E-state index contributed by atoms with van der Waals surface area (Å²) in [6.45, 7) is 6.62. The second-order valence-electron chi connectivity index (χ2n) is 8.13. The first-order valence-electron chi connectivity index (χ1n) is 9.92. The van der Waals surface area contributed by atoms with Crippen LogP contribution in [0.15, 0.2) is 24.3 Å². The Labute approximate surface area is 179 Å². The predicted molar refractivity (Wildman–Crippen MR) is 107 cm³/mol. The van der Waals surface area contributed by atoms with Crippen LogP contribution in [0.5, 0.6) is 5.75 Å². The number of amides is 1. The zero-order chi connectivity index (χ0) is 23.2. The molecule has 0 unspecified atom stereocenters. The van der Waals surface area contributed by atoms with Crippen LogP contribution in [0.1, 0.15) is 12.0 Å². The van der Waals surface area contributed by atoms with E-state index < -0.39 is 12.1 Å². The molecule has 174 valence electrons. The number of carbonyl (C=O) groups excluding carboxylic acids is 1. The Balaban J connectivity index is 0.000000423.